The number of aryl methyl sites for hydroxylation is 1. The summed E-state index contributed by atoms with van der Waals surface area (Å²) in [5.41, 5.74) is 7.74. The number of rotatable bonds is 13. The third-order valence-corrected chi connectivity index (χ3v) is 5.36. The summed E-state index contributed by atoms with van der Waals surface area (Å²) in [6.45, 7) is 8.19. The molecule has 6 nitrogen and oxygen atoms in total. The summed E-state index contributed by atoms with van der Waals surface area (Å²) in [6.07, 6.45) is 3.59. The highest BCUT2D eigenvalue weighted by molar-refractivity contribution is 7.80. The van der Waals surface area contributed by atoms with Gasteiger partial charge in [0.05, 0.1) is 17.2 Å². The third kappa shape index (κ3) is 10.9. The Labute approximate surface area is 193 Å². The fourth-order valence-corrected chi connectivity index (χ4v) is 3.73. The van der Waals surface area contributed by atoms with E-state index >= 15 is 0 Å². The minimum atomic E-state index is -0.497. The number of carbonyl (C=O) groups is 1. The highest BCUT2D eigenvalue weighted by atomic mass is 32.1. The molecule has 0 saturated carbocycles. The summed E-state index contributed by atoms with van der Waals surface area (Å²) in [7, 11) is 3.47. The van der Waals surface area contributed by atoms with Gasteiger partial charge in [0.25, 0.3) is 0 Å². The summed E-state index contributed by atoms with van der Waals surface area (Å²) in [5, 5.41) is 2.83. The number of ether oxygens (including phenoxy) is 3. The predicted octanol–water partition coefficient (Wildman–Crippen LogP) is 4.73. The molecule has 1 aromatic rings. The maximum atomic E-state index is 11.9. The fraction of sp³-hybridized carbons (Fsp3) is 0.667. The molecule has 176 valence electrons. The fourth-order valence-electron chi connectivity index (χ4n) is 3.61. The van der Waals surface area contributed by atoms with Crippen molar-refractivity contribution in [1.82, 2.24) is 5.32 Å². The quantitative estimate of drug-likeness (QED) is 0.332. The first-order valence-electron chi connectivity index (χ1n) is 11.0. The van der Waals surface area contributed by atoms with E-state index in [0.29, 0.717) is 18.0 Å². The number of hydrogen-bond donors (Lipinski definition) is 2. The van der Waals surface area contributed by atoms with Gasteiger partial charge in [-0.25, -0.2) is 4.79 Å². The average Bonchev–Trinajstić information content (AvgIpc) is 2.69. The summed E-state index contributed by atoms with van der Waals surface area (Å²) >= 11 is 5.08. The van der Waals surface area contributed by atoms with E-state index in [1.807, 2.05) is 26.8 Å². The van der Waals surface area contributed by atoms with Crippen LogP contribution in [-0.4, -0.2) is 49.7 Å². The van der Waals surface area contributed by atoms with Crippen molar-refractivity contribution in [3.05, 3.63) is 35.4 Å². The van der Waals surface area contributed by atoms with Crippen LogP contribution in [0.3, 0.4) is 0 Å². The number of carbonyl (C=O) groups excluding carboxylic acids is 1. The predicted molar refractivity (Wildman–Crippen MR) is 130 cm³/mol. The Morgan fingerprint density at radius 3 is 2.45 bits per heavy atom. The molecule has 1 amide bonds. The minimum Gasteiger partial charge on any atom is -0.444 e. The maximum absolute atomic E-state index is 11.9. The largest absolute Gasteiger partial charge is 0.444 e. The maximum Gasteiger partial charge on any atom is 0.407 e. The first-order chi connectivity index (χ1) is 14.6. The molecule has 0 radical (unpaired) electrons. The summed E-state index contributed by atoms with van der Waals surface area (Å²) in [5.74, 6) is 0.157. The Kier molecular flexibility index (Phi) is 12.0. The zero-order chi connectivity index (χ0) is 23.4. The molecule has 3 unspecified atom stereocenters. The first-order valence-corrected chi connectivity index (χ1v) is 11.4. The topological polar surface area (TPSA) is 82.8 Å². The molecule has 31 heavy (non-hydrogen) atoms. The van der Waals surface area contributed by atoms with E-state index < -0.39 is 5.60 Å². The van der Waals surface area contributed by atoms with Gasteiger partial charge in [-0.15, -0.1) is 0 Å². The Morgan fingerprint density at radius 1 is 1.19 bits per heavy atom. The van der Waals surface area contributed by atoms with Crippen LogP contribution in [0, 0.1) is 0 Å². The second kappa shape index (κ2) is 13.7. The normalized spacial score (nSPS) is 14.5. The van der Waals surface area contributed by atoms with Crippen molar-refractivity contribution < 1.29 is 19.0 Å². The Bertz CT molecular complexity index is 690. The van der Waals surface area contributed by atoms with E-state index in [1.165, 1.54) is 11.1 Å². The van der Waals surface area contributed by atoms with Crippen LogP contribution in [0.2, 0.25) is 0 Å². The smallest absolute Gasteiger partial charge is 0.407 e. The van der Waals surface area contributed by atoms with Gasteiger partial charge in [0.2, 0.25) is 0 Å². The molecule has 0 heterocycles. The van der Waals surface area contributed by atoms with E-state index in [2.05, 4.69) is 30.4 Å². The standard InChI is InChI=1S/C24H40N2O4S/c1-17(28-5)16-20(21(29-6)13-14-22(25)31)19-12-8-7-10-18(19)11-9-15-26-23(27)30-24(2,3)4/h7-8,10,12,17,20-21H,9,11,13-16H2,1-6H3,(H2,25,31)(H,26,27). The van der Waals surface area contributed by atoms with Crippen LogP contribution in [0.25, 0.3) is 0 Å². The lowest BCUT2D eigenvalue weighted by molar-refractivity contribution is 0.0406. The molecule has 1 aromatic carbocycles. The summed E-state index contributed by atoms with van der Waals surface area (Å²) in [6, 6.07) is 8.42. The molecular weight excluding hydrogens is 412 g/mol. The van der Waals surface area contributed by atoms with Gasteiger partial charge in [-0.1, -0.05) is 36.5 Å². The van der Waals surface area contributed by atoms with E-state index in [-0.39, 0.29) is 24.2 Å². The van der Waals surface area contributed by atoms with Crippen molar-refractivity contribution in [2.75, 3.05) is 20.8 Å². The lowest BCUT2D eigenvalue weighted by atomic mass is 9.83. The molecule has 3 atom stereocenters. The molecule has 0 saturated heterocycles. The van der Waals surface area contributed by atoms with Gasteiger partial charge in [0.1, 0.15) is 5.60 Å². The number of alkyl carbamates (subject to hydrolysis) is 1. The van der Waals surface area contributed by atoms with Crippen LogP contribution in [0.5, 0.6) is 0 Å². The monoisotopic (exact) mass is 452 g/mol. The van der Waals surface area contributed by atoms with E-state index in [4.69, 9.17) is 32.2 Å². The molecule has 0 aliphatic carbocycles. The van der Waals surface area contributed by atoms with Crippen molar-refractivity contribution in [1.29, 1.82) is 0 Å². The SMILES string of the molecule is COC(C)CC(c1ccccc1CCCNC(=O)OC(C)(C)C)C(CCC(N)=S)OC. The van der Waals surface area contributed by atoms with Crippen molar-refractivity contribution >= 4 is 23.3 Å². The van der Waals surface area contributed by atoms with Crippen molar-refractivity contribution in [3.8, 4) is 0 Å². The van der Waals surface area contributed by atoms with Gasteiger partial charge >= 0.3 is 6.09 Å². The van der Waals surface area contributed by atoms with E-state index in [1.54, 1.807) is 14.2 Å². The minimum absolute atomic E-state index is 0.0138. The van der Waals surface area contributed by atoms with Crippen LogP contribution in [-0.2, 0) is 20.6 Å². The zero-order valence-electron chi connectivity index (χ0n) is 19.9. The lowest BCUT2D eigenvalue weighted by Crippen LogP contribution is -2.33. The number of hydrogen-bond acceptors (Lipinski definition) is 5. The van der Waals surface area contributed by atoms with Crippen LogP contribution >= 0.6 is 12.2 Å². The van der Waals surface area contributed by atoms with Crippen molar-refractivity contribution in [2.24, 2.45) is 5.73 Å². The third-order valence-electron chi connectivity index (χ3n) is 5.16. The lowest BCUT2D eigenvalue weighted by Gasteiger charge is -2.30. The highest BCUT2D eigenvalue weighted by Crippen LogP contribution is 2.33. The molecule has 0 aliphatic heterocycles. The van der Waals surface area contributed by atoms with Crippen LogP contribution in [0.4, 0.5) is 4.79 Å². The molecule has 3 N–H and O–H groups in total. The highest BCUT2D eigenvalue weighted by Gasteiger charge is 2.27. The molecule has 0 aliphatic rings. The summed E-state index contributed by atoms with van der Waals surface area (Å²) < 4.78 is 16.7. The van der Waals surface area contributed by atoms with Crippen LogP contribution in [0.15, 0.2) is 24.3 Å². The average molecular weight is 453 g/mol. The van der Waals surface area contributed by atoms with E-state index in [9.17, 15) is 4.79 Å². The summed E-state index contributed by atoms with van der Waals surface area (Å²) in [4.78, 5) is 12.4. The second-order valence-corrected chi connectivity index (χ2v) is 9.42. The van der Waals surface area contributed by atoms with Gasteiger partial charge in [0, 0.05) is 26.7 Å². The molecule has 0 fully saturated rings. The van der Waals surface area contributed by atoms with Gasteiger partial charge < -0.3 is 25.3 Å². The zero-order valence-corrected chi connectivity index (χ0v) is 20.7. The second-order valence-electron chi connectivity index (χ2n) is 8.90. The number of nitrogens with two attached hydrogens (primary N) is 1. The molecule has 7 heteroatoms. The molecule has 0 bridgehead atoms. The number of thiocarbonyl (C=S) groups is 1. The van der Waals surface area contributed by atoms with Gasteiger partial charge in [-0.2, -0.15) is 0 Å². The van der Waals surface area contributed by atoms with Gasteiger partial charge in [-0.3, -0.25) is 0 Å². The molecule has 0 spiro atoms. The Hall–Kier alpha value is -1.70. The van der Waals surface area contributed by atoms with Gasteiger partial charge in [0.15, 0.2) is 0 Å². The Morgan fingerprint density at radius 2 is 1.87 bits per heavy atom. The van der Waals surface area contributed by atoms with E-state index in [0.717, 1.165) is 25.7 Å². The molecule has 0 aromatic heterocycles. The molecular formula is C24H40N2O4S. The van der Waals surface area contributed by atoms with Crippen molar-refractivity contribution in [3.63, 3.8) is 0 Å². The van der Waals surface area contributed by atoms with Crippen LogP contribution < -0.4 is 11.1 Å². The number of amides is 1. The molecule has 1 rings (SSSR count). The number of methoxy groups -OCH3 is 2. The van der Waals surface area contributed by atoms with Crippen molar-refractivity contribution in [2.45, 2.75) is 83.5 Å². The first kappa shape index (κ1) is 27.3. The number of benzene rings is 1. The number of nitrogens with one attached hydrogen (secondary N) is 1. The Balaban J connectivity index is 2.90. The van der Waals surface area contributed by atoms with Crippen LogP contribution in [0.1, 0.15) is 70.4 Å². The van der Waals surface area contributed by atoms with Gasteiger partial charge in [-0.05, 0) is 70.9 Å².